The highest BCUT2D eigenvalue weighted by atomic mass is 16.7. The van der Waals surface area contributed by atoms with Crippen LogP contribution in [0.5, 0.6) is 0 Å². The van der Waals surface area contributed by atoms with E-state index in [4.69, 9.17) is 15.9 Å². The lowest BCUT2D eigenvalue weighted by molar-refractivity contribution is -0.161. The van der Waals surface area contributed by atoms with Crippen LogP contribution in [-0.2, 0) is 9.47 Å². The van der Waals surface area contributed by atoms with Crippen molar-refractivity contribution in [2.24, 2.45) is 0 Å². The molecule has 0 saturated carbocycles. The first-order valence-corrected chi connectivity index (χ1v) is 4.10. The fraction of sp³-hybridized carbons (Fsp3) is 0.778. The Labute approximate surface area is 67.9 Å². The zero-order valence-corrected chi connectivity index (χ0v) is 6.71. The monoisotopic (exact) mass is 154 g/mol. The van der Waals surface area contributed by atoms with Gasteiger partial charge in [-0.25, -0.2) is 0 Å². The summed E-state index contributed by atoms with van der Waals surface area (Å²) < 4.78 is 10.7. The van der Waals surface area contributed by atoms with Gasteiger partial charge in [0.2, 0.25) is 0 Å². The smallest absolute Gasteiger partial charge is 0.157 e. The molecule has 0 radical (unpaired) electrons. The molecule has 2 nitrogen and oxygen atoms in total. The Kier molecular flexibility index (Phi) is 4.03. The summed E-state index contributed by atoms with van der Waals surface area (Å²) in [4.78, 5) is 0. The molecule has 0 aromatic rings. The maximum atomic E-state index is 5.36. The first-order chi connectivity index (χ1) is 5.43. The number of hydrogen-bond donors (Lipinski definition) is 0. The molecule has 1 rings (SSSR count). The lowest BCUT2D eigenvalue weighted by Gasteiger charge is -2.22. The number of terminal acetylenes is 1. The average molecular weight is 154 g/mol. The minimum Gasteiger partial charge on any atom is -0.353 e. The van der Waals surface area contributed by atoms with E-state index >= 15 is 0 Å². The zero-order valence-electron chi connectivity index (χ0n) is 6.71. The lowest BCUT2D eigenvalue weighted by atomic mass is 10.2. The second-order valence-electron chi connectivity index (χ2n) is 2.62. The van der Waals surface area contributed by atoms with Gasteiger partial charge < -0.3 is 9.47 Å². The Morgan fingerprint density at radius 3 is 3.09 bits per heavy atom. The summed E-state index contributed by atoms with van der Waals surface area (Å²) in [6.45, 7) is 1.46. The van der Waals surface area contributed by atoms with E-state index < -0.39 is 0 Å². The summed E-state index contributed by atoms with van der Waals surface area (Å²) in [5.41, 5.74) is 0. The largest absolute Gasteiger partial charge is 0.353 e. The Bertz CT molecular complexity index is 131. The molecule has 0 aromatic heterocycles. The van der Waals surface area contributed by atoms with Crippen molar-refractivity contribution in [3.63, 3.8) is 0 Å². The van der Waals surface area contributed by atoms with Crippen LogP contribution in [0.4, 0.5) is 0 Å². The van der Waals surface area contributed by atoms with Gasteiger partial charge in [-0.1, -0.05) is 0 Å². The normalized spacial score (nSPS) is 24.5. The van der Waals surface area contributed by atoms with Crippen molar-refractivity contribution in [2.75, 3.05) is 13.2 Å². The van der Waals surface area contributed by atoms with Gasteiger partial charge in [0, 0.05) is 13.0 Å². The standard InChI is InChI=1S/C9H14O2/c1-2-3-7-10-9-6-4-5-8-11-9/h1,9H,3-8H2/t9-/m1/s1. The molecule has 1 aliphatic rings. The molecule has 0 aliphatic carbocycles. The third-order valence-electron chi connectivity index (χ3n) is 1.69. The number of rotatable bonds is 3. The predicted molar refractivity (Wildman–Crippen MR) is 43.0 cm³/mol. The van der Waals surface area contributed by atoms with Crippen molar-refractivity contribution in [2.45, 2.75) is 32.0 Å². The van der Waals surface area contributed by atoms with Gasteiger partial charge in [0.05, 0.1) is 6.61 Å². The molecule has 2 heteroatoms. The fourth-order valence-electron chi connectivity index (χ4n) is 1.09. The third-order valence-corrected chi connectivity index (χ3v) is 1.69. The van der Waals surface area contributed by atoms with E-state index in [9.17, 15) is 0 Å². The zero-order chi connectivity index (χ0) is 7.94. The highest BCUT2D eigenvalue weighted by molar-refractivity contribution is 4.82. The quantitative estimate of drug-likeness (QED) is 0.453. The molecule has 0 amide bonds. The van der Waals surface area contributed by atoms with Crippen LogP contribution < -0.4 is 0 Å². The van der Waals surface area contributed by atoms with E-state index in [-0.39, 0.29) is 6.29 Å². The van der Waals surface area contributed by atoms with Crippen molar-refractivity contribution >= 4 is 0 Å². The molecule has 0 bridgehead atoms. The van der Waals surface area contributed by atoms with Crippen LogP contribution in [0.1, 0.15) is 25.7 Å². The van der Waals surface area contributed by atoms with Crippen LogP contribution in [0.25, 0.3) is 0 Å². The molecule has 11 heavy (non-hydrogen) atoms. The van der Waals surface area contributed by atoms with Gasteiger partial charge in [-0.2, -0.15) is 0 Å². The summed E-state index contributed by atoms with van der Waals surface area (Å²) in [6.07, 6.45) is 9.15. The van der Waals surface area contributed by atoms with Crippen LogP contribution in [0, 0.1) is 12.3 Å². The topological polar surface area (TPSA) is 18.5 Å². The van der Waals surface area contributed by atoms with E-state index in [0.29, 0.717) is 13.0 Å². The fourth-order valence-corrected chi connectivity index (χ4v) is 1.09. The van der Waals surface area contributed by atoms with Gasteiger partial charge in [-0.3, -0.25) is 0 Å². The molecule has 1 heterocycles. The van der Waals surface area contributed by atoms with Crippen LogP contribution >= 0.6 is 0 Å². The van der Waals surface area contributed by atoms with Gasteiger partial charge in [0.1, 0.15) is 0 Å². The molecule has 62 valence electrons. The van der Waals surface area contributed by atoms with Crippen LogP contribution in [0.2, 0.25) is 0 Å². The Hall–Kier alpha value is -0.520. The second-order valence-corrected chi connectivity index (χ2v) is 2.62. The average Bonchev–Trinajstić information content (AvgIpc) is 2.07. The summed E-state index contributed by atoms with van der Waals surface area (Å²) in [5, 5.41) is 0. The van der Waals surface area contributed by atoms with Crippen molar-refractivity contribution < 1.29 is 9.47 Å². The van der Waals surface area contributed by atoms with Crippen LogP contribution in [0.15, 0.2) is 0 Å². The SMILES string of the molecule is C#CCCO[C@H]1CCCCO1. The van der Waals surface area contributed by atoms with E-state index in [1.807, 2.05) is 0 Å². The Morgan fingerprint density at radius 1 is 1.55 bits per heavy atom. The molecule has 0 aromatic carbocycles. The summed E-state index contributed by atoms with van der Waals surface area (Å²) in [6, 6.07) is 0. The third kappa shape index (κ3) is 3.41. The Balaban J connectivity index is 2.01. The van der Waals surface area contributed by atoms with E-state index in [1.165, 1.54) is 6.42 Å². The number of hydrogen-bond acceptors (Lipinski definition) is 2. The van der Waals surface area contributed by atoms with Gasteiger partial charge in [0.25, 0.3) is 0 Å². The molecule has 1 saturated heterocycles. The summed E-state index contributed by atoms with van der Waals surface area (Å²) >= 11 is 0. The predicted octanol–water partition coefficient (Wildman–Crippen LogP) is 1.55. The first-order valence-electron chi connectivity index (χ1n) is 4.10. The van der Waals surface area contributed by atoms with E-state index in [1.54, 1.807) is 0 Å². The van der Waals surface area contributed by atoms with Crippen LogP contribution in [-0.4, -0.2) is 19.5 Å². The minimum absolute atomic E-state index is 0.0112. The lowest BCUT2D eigenvalue weighted by Crippen LogP contribution is -2.22. The molecular weight excluding hydrogens is 140 g/mol. The van der Waals surface area contributed by atoms with E-state index in [2.05, 4.69) is 5.92 Å². The van der Waals surface area contributed by atoms with Crippen molar-refractivity contribution in [1.82, 2.24) is 0 Å². The highest BCUT2D eigenvalue weighted by Gasteiger charge is 2.12. The maximum absolute atomic E-state index is 5.36. The molecule has 0 spiro atoms. The van der Waals surface area contributed by atoms with Crippen molar-refractivity contribution in [3.8, 4) is 12.3 Å². The Morgan fingerprint density at radius 2 is 2.45 bits per heavy atom. The van der Waals surface area contributed by atoms with Gasteiger partial charge in [0.15, 0.2) is 6.29 Å². The maximum Gasteiger partial charge on any atom is 0.157 e. The second kappa shape index (κ2) is 5.17. The molecule has 1 fully saturated rings. The van der Waals surface area contributed by atoms with Gasteiger partial charge in [-0.05, 0) is 19.3 Å². The van der Waals surface area contributed by atoms with Crippen molar-refractivity contribution in [3.05, 3.63) is 0 Å². The highest BCUT2D eigenvalue weighted by Crippen LogP contribution is 2.13. The van der Waals surface area contributed by atoms with Gasteiger partial charge in [-0.15, -0.1) is 12.3 Å². The van der Waals surface area contributed by atoms with Crippen LogP contribution in [0.3, 0.4) is 0 Å². The molecule has 0 unspecified atom stereocenters. The summed E-state index contributed by atoms with van der Waals surface area (Å²) in [5.74, 6) is 2.53. The van der Waals surface area contributed by atoms with E-state index in [0.717, 1.165) is 19.4 Å². The molecule has 0 N–H and O–H groups in total. The minimum atomic E-state index is 0.0112. The summed E-state index contributed by atoms with van der Waals surface area (Å²) in [7, 11) is 0. The van der Waals surface area contributed by atoms with Gasteiger partial charge >= 0.3 is 0 Å². The van der Waals surface area contributed by atoms with Crippen molar-refractivity contribution in [1.29, 1.82) is 0 Å². The molecule has 1 aliphatic heterocycles. The first kappa shape index (κ1) is 8.58. The molecular formula is C9H14O2. The number of ether oxygens (including phenoxy) is 2. The molecule has 1 atom stereocenters.